The van der Waals surface area contributed by atoms with Gasteiger partial charge in [0.25, 0.3) is 0 Å². The molecule has 0 unspecified atom stereocenters. The molecule has 0 aliphatic heterocycles. The number of sulfonamides is 2. The molecule has 0 aliphatic rings. The summed E-state index contributed by atoms with van der Waals surface area (Å²) in [5.74, 6) is 0.0764. The van der Waals surface area contributed by atoms with E-state index in [0.29, 0.717) is 17.7 Å². The van der Waals surface area contributed by atoms with Gasteiger partial charge in [-0.3, -0.25) is 0 Å². The fourth-order valence-electron chi connectivity index (χ4n) is 3.17. The number of nitrogens with two attached hydrogens (primary N) is 2. The van der Waals surface area contributed by atoms with Crippen LogP contribution in [0.1, 0.15) is 5.69 Å². The van der Waals surface area contributed by atoms with Crippen molar-refractivity contribution >= 4 is 25.9 Å². The number of anilines is 1. The number of H-pyrrole nitrogens is 2. The molecule has 0 fully saturated rings. The molecule has 7 N–H and O–H groups in total. The van der Waals surface area contributed by atoms with Crippen LogP contribution in [0.4, 0.5) is 5.82 Å². The number of tetrazole rings is 1. The second kappa shape index (κ2) is 8.66. The Morgan fingerprint density at radius 2 is 1.88 bits per heavy atom. The SMILES string of the molecule is Nc1ccc(-c2ccc(S(=O)(=O)NCCc3cnc[nH]3)c(S(N)(=O)=O)c2-c2nn[nH]n2)cn1. The fourth-order valence-corrected chi connectivity index (χ4v) is 5.80. The molecule has 0 saturated carbocycles. The average molecular weight is 491 g/mol. The van der Waals surface area contributed by atoms with E-state index >= 15 is 0 Å². The molecule has 3 heterocycles. The minimum absolute atomic E-state index is 0.0181. The van der Waals surface area contributed by atoms with Crippen molar-refractivity contribution in [3.05, 3.63) is 48.7 Å². The van der Waals surface area contributed by atoms with Crippen molar-refractivity contribution in [2.75, 3.05) is 12.3 Å². The van der Waals surface area contributed by atoms with E-state index in [1.807, 2.05) is 0 Å². The lowest BCUT2D eigenvalue weighted by molar-refractivity contribution is 0.573. The van der Waals surface area contributed by atoms with Crippen LogP contribution in [-0.2, 0) is 26.5 Å². The zero-order valence-electron chi connectivity index (χ0n) is 16.8. The van der Waals surface area contributed by atoms with Gasteiger partial charge in [-0.2, -0.15) is 5.21 Å². The van der Waals surface area contributed by atoms with E-state index < -0.39 is 29.8 Å². The molecule has 0 amide bonds. The Morgan fingerprint density at radius 3 is 2.48 bits per heavy atom. The van der Waals surface area contributed by atoms with E-state index in [0.717, 1.165) is 6.07 Å². The Hall–Kier alpha value is -3.73. The smallest absolute Gasteiger partial charge is 0.241 e. The highest BCUT2D eigenvalue weighted by Crippen LogP contribution is 2.38. The van der Waals surface area contributed by atoms with Crippen molar-refractivity contribution in [2.45, 2.75) is 16.2 Å². The molecule has 14 nitrogen and oxygen atoms in total. The number of aromatic nitrogens is 7. The maximum Gasteiger partial charge on any atom is 0.241 e. The Labute approximate surface area is 188 Å². The summed E-state index contributed by atoms with van der Waals surface area (Å²) in [6.45, 7) is -0.0181. The first-order valence-electron chi connectivity index (χ1n) is 9.29. The van der Waals surface area contributed by atoms with Crippen molar-refractivity contribution in [3.8, 4) is 22.5 Å². The van der Waals surface area contributed by atoms with Crippen LogP contribution < -0.4 is 15.6 Å². The van der Waals surface area contributed by atoms with Crippen molar-refractivity contribution in [1.29, 1.82) is 0 Å². The number of primary sulfonamides is 1. The van der Waals surface area contributed by atoms with Gasteiger partial charge in [0.05, 0.1) is 11.9 Å². The monoisotopic (exact) mass is 490 g/mol. The Kier molecular flexibility index (Phi) is 5.90. The van der Waals surface area contributed by atoms with Crippen LogP contribution in [0, 0.1) is 0 Å². The lowest BCUT2D eigenvalue weighted by Gasteiger charge is -2.16. The van der Waals surface area contributed by atoms with E-state index in [9.17, 15) is 16.8 Å². The van der Waals surface area contributed by atoms with Gasteiger partial charge in [-0.15, -0.1) is 10.2 Å². The highest BCUT2D eigenvalue weighted by molar-refractivity contribution is 7.92. The van der Waals surface area contributed by atoms with Gasteiger partial charge < -0.3 is 10.7 Å². The van der Waals surface area contributed by atoms with Crippen molar-refractivity contribution in [1.82, 2.24) is 40.3 Å². The molecular weight excluding hydrogens is 472 g/mol. The number of imidazole rings is 1. The van der Waals surface area contributed by atoms with Crippen LogP contribution in [0.2, 0.25) is 0 Å². The maximum atomic E-state index is 13.1. The zero-order chi connectivity index (χ0) is 23.6. The second-order valence-electron chi connectivity index (χ2n) is 6.79. The van der Waals surface area contributed by atoms with Gasteiger partial charge >= 0.3 is 0 Å². The standard InChI is InChI=1S/C17H18N10O4S2/c18-14-4-1-10(7-21-14)12-2-3-13(33(30,31)23-6-5-11-8-20-9-22-11)16(32(19,28)29)15(12)17-24-26-27-25-17/h1-4,7-9,23H,5-6H2,(H2,18,21)(H,20,22)(H2,19,28,29)(H,24,25,26,27). The summed E-state index contributed by atoms with van der Waals surface area (Å²) in [6.07, 6.45) is 4.72. The van der Waals surface area contributed by atoms with Gasteiger partial charge in [-0.05, 0) is 29.0 Å². The summed E-state index contributed by atoms with van der Waals surface area (Å²) in [5, 5.41) is 18.9. The van der Waals surface area contributed by atoms with Gasteiger partial charge in [-0.1, -0.05) is 6.07 Å². The minimum atomic E-state index is -4.58. The molecule has 0 atom stereocenters. The van der Waals surface area contributed by atoms with Crippen molar-refractivity contribution in [3.63, 3.8) is 0 Å². The van der Waals surface area contributed by atoms with Crippen LogP contribution in [0.5, 0.6) is 0 Å². The predicted molar refractivity (Wildman–Crippen MR) is 116 cm³/mol. The van der Waals surface area contributed by atoms with Crippen molar-refractivity contribution < 1.29 is 16.8 Å². The third-order valence-corrected chi connectivity index (χ3v) is 7.23. The lowest BCUT2D eigenvalue weighted by Crippen LogP contribution is -2.29. The summed E-state index contributed by atoms with van der Waals surface area (Å²) in [6, 6.07) is 5.66. The number of rotatable bonds is 8. The predicted octanol–water partition coefficient (Wildman–Crippen LogP) is -0.598. The van der Waals surface area contributed by atoms with Crippen LogP contribution in [0.25, 0.3) is 22.5 Å². The molecule has 172 valence electrons. The molecule has 0 bridgehead atoms. The summed E-state index contributed by atoms with van der Waals surface area (Å²) >= 11 is 0. The topological polar surface area (TPSA) is 228 Å². The first-order valence-corrected chi connectivity index (χ1v) is 12.3. The largest absolute Gasteiger partial charge is 0.384 e. The van der Waals surface area contributed by atoms with E-state index in [2.05, 4.69) is 40.3 Å². The molecule has 0 spiro atoms. The van der Waals surface area contributed by atoms with Gasteiger partial charge in [0.2, 0.25) is 25.9 Å². The third kappa shape index (κ3) is 4.72. The summed E-state index contributed by atoms with van der Waals surface area (Å²) in [7, 11) is -8.89. The van der Waals surface area contributed by atoms with Crippen LogP contribution in [-0.4, -0.2) is 59.0 Å². The first-order chi connectivity index (χ1) is 15.7. The van der Waals surface area contributed by atoms with Crippen LogP contribution in [0.15, 0.2) is 52.8 Å². The van der Waals surface area contributed by atoms with E-state index in [-0.39, 0.29) is 29.3 Å². The molecule has 0 aliphatic carbocycles. The molecule has 16 heteroatoms. The van der Waals surface area contributed by atoms with Gasteiger partial charge in [0.15, 0.2) is 0 Å². The van der Waals surface area contributed by atoms with Crippen LogP contribution in [0.3, 0.4) is 0 Å². The summed E-state index contributed by atoms with van der Waals surface area (Å²) < 4.78 is 53.9. The first kappa shape index (κ1) is 22.5. The number of benzene rings is 1. The molecule has 4 rings (SSSR count). The molecule has 0 radical (unpaired) electrons. The second-order valence-corrected chi connectivity index (χ2v) is 10.0. The Balaban J connectivity index is 1.88. The average Bonchev–Trinajstić information content (AvgIpc) is 3.47. The number of nitrogens with one attached hydrogen (secondary N) is 3. The number of nitrogens with zero attached hydrogens (tertiary/aromatic N) is 5. The highest BCUT2D eigenvalue weighted by Gasteiger charge is 2.32. The number of pyridine rings is 1. The number of aromatic amines is 2. The van der Waals surface area contributed by atoms with E-state index in [1.165, 1.54) is 24.7 Å². The molecular formula is C17H18N10O4S2. The lowest BCUT2D eigenvalue weighted by atomic mass is 10.0. The normalized spacial score (nSPS) is 12.2. The van der Waals surface area contributed by atoms with Crippen molar-refractivity contribution in [2.24, 2.45) is 5.14 Å². The molecule has 0 saturated heterocycles. The molecule has 4 aromatic rings. The Bertz CT molecular complexity index is 1470. The summed E-state index contributed by atoms with van der Waals surface area (Å²) in [4.78, 5) is 9.49. The van der Waals surface area contributed by atoms with Gasteiger partial charge in [0.1, 0.15) is 15.6 Å². The highest BCUT2D eigenvalue weighted by atomic mass is 32.2. The van der Waals surface area contributed by atoms with Crippen LogP contribution >= 0.6 is 0 Å². The number of hydrogen-bond acceptors (Lipinski definition) is 10. The van der Waals surface area contributed by atoms with E-state index in [4.69, 9.17) is 10.9 Å². The van der Waals surface area contributed by atoms with Gasteiger partial charge in [-0.25, -0.2) is 36.7 Å². The minimum Gasteiger partial charge on any atom is -0.384 e. The maximum absolute atomic E-state index is 13.1. The molecule has 3 aromatic heterocycles. The van der Waals surface area contributed by atoms with E-state index in [1.54, 1.807) is 12.3 Å². The molecule has 1 aromatic carbocycles. The molecule has 33 heavy (non-hydrogen) atoms. The fraction of sp³-hybridized carbons (Fsp3) is 0.118. The number of nitrogen functional groups attached to an aromatic ring is 1. The number of hydrogen-bond donors (Lipinski definition) is 5. The summed E-state index contributed by atoms with van der Waals surface area (Å²) in [5.41, 5.74) is 6.90. The quantitative estimate of drug-likeness (QED) is 0.210. The third-order valence-electron chi connectivity index (χ3n) is 4.60. The zero-order valence-corrected chi connectivity index (χ0v) is 18.4. The van der Waals surface area contributed by atoms with Gasteiger partial charge in [0, 0.05) is 36.6 Å². The Morgan fingerprint density at radius 1 is 1.06 bits per heavy atom.